The molecule has 0 aliphatic carbocycles. The summed E-state index contributed by atoms with van der Waals surface area (Å²) in [5.41, 5.74) is 2.88. The van der Waals surface area contributed by atoms with Gasteiger partial charge < -0.3 is 15.1 Å². The average Bonchev–Trinajstić information content (AvgIpc) is 3.26. The molecule has 0 aliphatic heterocycles. The van der Waals surface area contributed by atoms with Crippen molar-refractivity contribution in [2.24, 2.45) is 0 Å². The number of rotatable bonds is 8. The Morgan fingerprint density at radius 1 is 1.03 bits per heavy atom. The van der Waals surface area contributed by atoms with Gasteiger partial charge in [-0.25, -0.2) is 4.98 Å². The molecule has 0 radical (unpaired) electrons. The largest absolute Gasteiger partial charge is 0.395 e. The highest BCUT2D eigenvalue weighted by molar-refractivity contribution is 7.17. The third-order valence-electron chi connectivity index (χ3n) is 5.30. The Hall–Kier alpha value is -3.04. The topological polar surface area (TPSA) is 95.7 Å². The lowest BCUT2D eigenvalue weighted by Crippen LogP contribution is -2.35. The maximum Gasteiger partial charge on any atom is 0.263 e. The van der Waals surface area contributed by atoms with Crippen LogP contribution in [0.25, 0.3) is 21.3 Å². The lowest BCUT2D eigenvalue weighted by molar-refractivity contribution is 0.0685. The number of fused-ring (bicyclic) bond motifs is 1. The van der Waals surface area contributed by atoms with Crippen molar-refractivity contribution in [3.63, 3.8) is 0 Å². The van der Waals surface area contributed by atoms with Gasteiger partial charge in [-0.1, -0.05) is 35.9 Å². The maximum absolute atomic E-state index is 13.3. The summed E-state index contributed by atoms with van der Waals surface area (Å²) in [6.45, 7) is 0.256. The van der Waals surface area contributed by atoms with Gasteiger partial charge in [0.05, 0.1) is 31.5 Å². The van der Waals surface area contributed by atoms with Crippen molar-refractivity contribution in [2.45, 2.75) is 6.54 Å². The van der Waals surface area contributed by atoms with Gasteiger partial charge in [-0.05, 0) is 35.4 Å². The molecule has 7 nitrogen and oxygen atoms in total. The van der Waals surface area contributed by atoms with Crippen LogP contribution in [0, 0.1) is 0 Å². The summed E-state index contributed by atoms with van der Waals surface area (Å²) in [6.07, 6.45) is 1.54. The lowest BCUT2D eigenvalue weighted by Gasteiger charge is -2.20. The van der Waals surface area contributed by atoms with Crippen LogP contribution in [0.3, 0.4) is 0 Å². The van der Waals surface area contributed by atoms with Crippen molar-refractivity contribution in [2.75, 3.05) is 26.3 Å². The fourth-order valence-corrected chi connectivity index (χ4v) is 4.64. The van der Waals surface area contributed by atoms with E-state index in [2.05, 4.69) is 4.98 Å². The Morgan fingerprint density at radius 3 is 2.33 bits per heavy atom. The van der Waals surface area contributed by atoms with Crippen LogP contribution in [-0.4, -0.2) is 56.9 Å². The molecule has 0 saturated carbocycles. The number of hydrogen-bond donors (Lipinski definition) is 2. The minimum Gasteiger partial charge on any atom is -0.395 e. The Balaban J connectivity index is 1.60. The third-order valence-corrected chi connectivity index (χ3v) is 6.44. The van der Waals surface area contributed by atoms with Crippen molar-refractivity contribution in [3.05, 3.63) is 86.7 Å². The molecule has 33 heavy (non-hydrogen) atoms. The minimum absolute atomic E-state index is 0.136. The van der Waals surface area contributed by atoms with E-state index in [1.54, 1.807) is 41.0 Å². The first kappa shape index (κ1) is 23.1. The Labute approximate surface area is 199 Å². The number of aromatic nitrogens is 2. The summed E-state index contributed by atoms with van der Waals surface area (Å²) < 4.78 is 1.55. The Kier molecular flexibility index (Phi) is 7.20. The van der Waals surface area contributed by atoms with E-state index in [-0.39, 0.29) is 37.8 Å². The highest BCUT2D eigenvalue weighted by Crippen LogP contribution is 2.31. The van der Waals surface area contributed by atoms with Gasteiger partial charge in [0.2, 0.25) is 0 Å². The molecule has 0 fully saturated rings. The molecule has 2 aromatic carbocycles. The van der Waals surface area contributed by atoms with E-state index in [1.807, 2.05) is 17.5 Å². The van der Waals surface area contributed by atoms with Crippen molar-refractivity contribution in [3.8, 4) is 11.1 Å². The zero-order valence-corrected chi connectivity index (χ0v) is 19.2. The van der Waals surface area contributed by atoms with Gasteiger partial charge in [-0.15, -0.1) is 11.3 Å². The van der Waals surface area contributed by atoms with E-state index in [1.165, 1.54) is 22.6 Å². The second-order valence-corrected chi connectivity index (χ2v) is 8.74. The maximum atomic E-state index is 13.3. The number of hydrogen-bond acceptors (Lipinski definition) is 6. The van der Waals surface area contributed by atoms with Gasteiger partial charge in [-0.2, -0.15) is 0 Å². The first-order chi connectivity index (χ1) is 16.0. The second-order valence-electron chi connectivity index (χ2n) is 7.45. The number of thiophene rings is 1. The van der Waals surface area contributed by atoms with Gasteiger partial charge in [0.15, 0.2) is 0 Å². The van der Waals surface area contributed by atoms with E-state index in [9.17, 15) is 9.59 Å². The van der Waals surface area contributed by atoms with Crippen LogP contribution in [0.5, 0.6) is 0 Å². The lowest BCUT2D eigenvalue weighted by atomic mass is 10.1. The second kappa shape index (κ2) is 10.3. The molecule has 0 atom stereocenters. The number of aliphatic hydroxyl groups is 2. The van der Waals surface area contributed by atoms with Crippen molar-refractivity contribution >= 4 is 39.1 Å². The number of carbonyl (C=O) groups excluding carboxylic acids is 1. The molecule has 2 N–H and O–H groups in total. The van der Waals surface area contributed by atoms with Crippen LogP contribution in [0.15, 0.2) is 65.0 Å². The third kappa shape index (κ3) is 4.99. The molecule has 4 rings (SSSR count). The summed E-state index contributed by atoms with van der Waals surface area (Å²) in [5, 5.41) is 21.4. The smallest absolute Gasteiger partial charge is 0.263 e. The molecule has 170 valence electrons. The number of aliphatic hydroxyl groups excluding tert-OH is 2. The minimum atomic E-state index is -0.268. The summed E-state index contributed by atoms with van der Waals surface area (Å²) >= 11 is 7.42. The van der Waals surface area contributed by atoms with E-state index in [4.69, 9.17) is 21.8 Å². The molecule has 0 spiro atoms. The van der Waals surface area contributed by atoms with Gasteiger partial charge in [-0.3, -0.25) is 14.2 Å². The predicted octanol–water partition coefficient (Wildman–Crippen LogP) is 3.25. The SMILES string of the molecule is O=C(c1ccc(Cn2cnc3scc(-c4ccc(Cl)cc4)c3c2=O)cc1)N(CCO)CCO. The van der Waals surface area contributed by atoms with E-state index in [0.717, 1.165) is 16.7 Å². The highest BCUT2D eigenvalue weighted by Gasteiger charge is 2.16. The van der Waals surface area contributed by atoms with Gasteiger partial charge in [0.1, 0.15) is 4.83 Å². The van der Waals surface area contributed by atoms with Crippen LogP contribution in [0.1, 0.15) is 15.9 Å². The molecule has 0 saturated heterocycles. The standard InChI is InChI=1S/C24H22ClN3O4S/c25-19-7-5-17(6-8-19)20-14-33-22-21(20)24(32)28(15-26-22)13-16-1-3-18(4-2-16)23(31)27(9-11-29)10-12-30/h1-8,14-15,29-30H,9-13H2. The zero-order chi connectivity index (χ0) is 23.4. The number of benzene rings is 2. The molecule has 2 heterocycles. The molecule has 2 aromatic heterocycles. The Morgan fingerprint density at radius 2 is 1.70 bits per heavy atom. The molecular weight excluding hydrogens is 462 g/mol. The Bertz CT molecular complexity index is 1310. The number of carbonyl (C=O) groups is 1. The van der Waals surface area contributed by atoms with Crippen LogP contribution in [-0.2, 0) is 6.54 Å². The molecule has 4 aromatic rings. The number of amides is 1. The fraction of sp³-hybridized carbons (Fsp3) is 0.208. The molecule has 0 bridgehead atoms. The average molecular weight is 484 g/mol. The molecule has 0 aliphatic rings. The molecular formula is C24H22ClN3O4S. The summed E-state index contributed by atoms with van der Waals surface area (Å²) in [7, 11) is 0. The van der Waals surface area contributed by atoms with Crippen molar-refractivity contribution < 1.29 is 15.0 Å². The van der Waals surface area contributed by atoms with Gasteiger partial charge >= 0.3 is 0 Å². The van der Waals surface area contributed by atoms with Crippen molar-refractivity contribution in [1.29, 1.82) is 0 Å². The van der Waals surface area contributed by atoms with Crippen LogP contribution in [0.2, 0.25) is 5.02 Å². The number of halogens is 1. The summed E-state index contributed by atoms with van der Waals surface area (Å²) in [4.78, 5) is 32.4. The van der Waals surface area contributed by atoms with Crippen LogP contribution >= 0.6 is 22.9 Å². The molecule has 0 unspecified atom stereocenters. The van der Waals surface area contributed by atoms with Gasteiger partial charge in [0, 0.05) is 34.6 Å². The van der Waals surface area contributed by atoms with Crippen LogP contribution < -0.4 is 5.56 Å². The summed E-state index contributed by atoms with van der Waals surface area (Å²) in [6, 6.07) is 14.3. The van der Waals surface area contributed by atoms with E-state index >= 15 is 0 Å². The zero-order valence-electron chi connectivity index (χ0n) is 17.6. The monoisotopic (exact) mass is 483 g/mol. The van der Waals surface area contributed by atoms with Crippen LogP contribution in [0.4, 0.5) is 0 Å². The molecule has 9 heteroatoms. The quantitative estimate of drug-likeness (QED) is 0.401. The van der Waals surface area contributed by atoms with E-state index < -0.39 is 0 Å². The summed E-state index contributed by atoms with van der Waals surface area (Å²) in [5.74, 6) is -0.268. The molecule has 1 amide bonds. The predicted molar refractivity (Wildman–Crippen MR) is 130 cm³/mol. The normalized spacial score (nSPS) is 11.1. The van der Waals surface area contributed by atoms with Gasteiger partial charge in [0.25, 0.3) is 11.5 Å². The van der Waals surface area contributed by atoms with Crippen molar-refractivity contribution in [1.82, 2.24) is 14.5 Å². The first-order valence-electron chi connectivity index (χ1n) is 10.3. The fourth-order valence-electron chi connectivity index (χ4n) is 3.61. The first-order valence-corrected chi connectivity index (χ1v) is 11.6. The van der Waals surface area contributed by atoms with E-state index in [0.29, 0.717) is 27.3 Å². The number of nitrogens with zero attached hydrogens (tertiary/aromatic N) is 3. The highest BCUT2D eigenvalue weighted by atomic mass is 35.5.